The van der Waals surface area contributed by atoms with E-state index in [9.17, 15) is 9.18 Å². The van der Waals surface area contributed by atoms with Crippen molar-refractivity contribution in [2.24, 2.45) is 5.73 Å². The minimum absolute atomic E-state index is 0.256. The Morgan fingerprint density at radius 2 is 2.14 bits per heavy atom. The van der Waals surface area contributed by atoms with Gasteiger partial charge in [0, 0.05) is 18.8 Å². The zero-order chi connectivity index (χ0) is 14.8. The van der Waals surface area contributed by atoms with Crippen LogP contribution >= 0.6 is 0 Å². The van der Waals surface area contributed by atoms with E-state index in [1.807, 2.05) is 18.2 Å². The number of hydrogen-bond acceptors (Lipinski definition) is 2. The lowest BCUT2D eigenvalue weighted by atomic mass is 10.2. The Bertz CT molecular complexity index is 687. The first-order valence-electron chi connectivity index (χ1n) is 6.83. The van der Waals surface area contributed by atoms with Crippen LogP contribution in [0.2, 0.25) is 0 Å². The number of carbonyl (C=O) groups is 1. The number of carbonyl (C=O) groups excluding carboxylic acids is 1. The molecule has 5 heteroatoms. The number of nitrogens with zero attached hydrogens (tertiary/aromatic N) is 1. The average molecular weight is 285 g/mol. The highest BCUT2D eigenvalue weighted by Crippen LogP contribution is 2.29. The second-order valence-electron chi connectivity index (χ2n) is 5.01. The minimum atomic E-state index is -0.335. The van der Waals surface area contributed by atoms with E-state index in [1.54, 1.807) is 17.0 Å². The first-order valence-corrected chi connectivity index (χ1v) is 6.83. The molecule has 3 rings (SSSR count). The molecule has 0 saturated heterocycles. The van der Waals surface area contributed by atoms with E-state index in [2.05, 4.69) is 5.32 Å². The van der Waals surface area contributed by atoms with Crippen LogP contribution < -0.4 is 16.0 Å². The van der Waals surface area contributed by atoms with Gasteiger partial charge in [0.2, 0.25) is 0 Å². The number of fused-ring (bicyclic) bond motifs is 1. The van der Waals surface area contributed by atoms with Crippen LogP contribution in [0.4, 0.5) is 20.6 Å². The second kappa shape index (κ2) is 5.54. The van der Waals surface area contributed by atoms with E-state index < -0.39 is 0 Å². The fraction of sp³-hybridized carbons (Fsp3) is 0.188. The molecule has 21 heavy (non-hydrogen) atoms. The minimum Gasteiger partial charge on any atom is -0.326 e. The third kappa shape index (κ3) is 2.73. The predicted octanol–water partition coefficient (Wildman–Crippen LogP) is 2.88. The van der Waals surface area contributed by atoms with Gasteiger partial charge in [0.1, 0.15) is 5.82 Å². The van der Waals surface area contributed by atoms with Crippen LogP contribution in [0.1, 0.15) is 11.1 Å². The molecule has 0 spiro atoms. The molecule has 0 unspecified atom stereocenters. The molecule has 0 saturated carbocycles. The highest BCUT2D eigenvalue weighted by molar-refractivity contribution is 6.03. The summed E-state index contributed by atoms with van der Waals surface area (Å²) in [7, 11) is 0. The predicted molar refractivity (Wildman–Crippen MR) is 80.8 cm³/mol. The van der Waals surface area contributed by atoms with Gasteiger partial charge in [0.25, 0.3) is 0 Å². The lowest BCUT2D eigenvalue weighted by Crippen LogP contribution is -2.33. The van der Waals surface area contributed by atoms with Gasteiger partial charge in [-0.2, -0.15) is 0 Å². The van der Waals surface area contributed by atoms with E-state index in [0.717, 1.165) is 17.5 Å². The number of urea groups is 1. The van der Waals surface area contributed by atoms with Crippen molar-refractivity contribution >= 4 is 17.4 Å². The smallest absolute Gasteiger partial charge is 0.326 e. The van der Waals surface area contributed by atoms with Crippen LogP contribution in [0.5, 0.6) is 0 Å². The van der Waals surface area contributed by atoms with Crippen molar-refractivity contribution in [3.05, 3.63) is 59.4 Å². The molecule has 0 aliphatic carbocycles. The van der Waals surface area contributed by atoms with Gasteiger partial charge >= 0.3 is 6.03 Å². The van der Waals surface area contributed by atoms with E-state index in [1.165, 1.54) is 12.1 Å². The first kappa shape index (κ1) is 13.6. The molecule has 0 bridgehead atoms. The molecule has 2 aromatic carbocycles. The van der Waals surface area contributed by atoms with Crippen LogP contribution in [-0.4, -0.2) is 12.6 Å². The van der Waals surface area contributed by atoms with Gasteiger partial charge in [-0.3, -0.25) is 4.90 Å². The Morgan fingerprint density at radius 3 is 2.95 bits per heavy atom. The SMILES string of the molecule is NCc1cccc(NC(=O)N2CCc3ccc(F)cc32)c1. The number of amides is 2. The van der Waals surface area contributed by atoms with Crippen molar-refractivity contribution in [3.8, 4) is 0 Å². The maximum atomic E-state index is 13.4. The Balaban J connectivity index is 1.80. The second-order valence-corrected chi connectivity index (χ2v) is 5.01. The maximum absolute atomic E-state index is 13.4. The Kier molecular flexibility index (Phi) is 3.58. The lowest BCUT2D eigenvalue weighted by Gasteiger charge is -2.18. The van der Waals surface area contributed by atoms with Crippen LogP contribution in [0.15, 0.2) is 42.5 Å². The summed E-state index contributed by atoms with van der Waals surface area (Å²) in [5.41, 5.74) is 8.85. The van der Waals surface area contributed by atoms with Gasteiger partial charge in [-0.15, -0.1) is 0 Å². The number of rotatable bonds is 2. The van der Waals surface area contributed by atoms with E-state index in [4.69, 9.17) is 5.73 Å². The molecule has 2 aromatic rings. The summed E-state index contributed by atoms with van der Waals surface area (Å²) in [5, 5.41) is 2.83. The summed E-state index contributed by atoms with van der Waals surface area (Å²) in [6.07, 6.45) is 0.742. The third-order valence-electron chi connectivity index (χ3n) is 3.60. The van der Waals surface area contributed by atoms with Crippen molar-refractivity contribution in [1.29, 1.82) is 0 Å². The van der Waals surface area contributed by atoms with Crippen molar-refractivity contribution in [2.75, 3.05) is 16.8 Å². The topological polar surface area (TPSA) is 58.4 Å². The molecule has 3 N–H and O–H groups in total. The maximum Gasteiger partial charge on any atom is 0.326 e. The fourth-order valence-electron chi connectivity index (χ4n) is 2.53. The Hall–Kier alpha value is -2.40. The standard InChI is InChI=1S/C16H16FN3O/c17-13-5-4-12-6-7-20(15(12)9-13)16(21)19-14-3-1-2-11(8-14)10-18/h1-5,8-9H,6-7,10,18H2,(H,19,21). The summed E-state index contributed by atoms with van der Waals surface area (Å²) in [6, 6.07) is 11.7. The molecule has 0 radical (unpaired) electrons. The largest absolute Gasteiger partial charge is 0.326 e. The highest BCUT2D eigenvalue weighted by atomic mass is 19.1. The monoisotopic (exact) mass is 285 g/mol. The van der Waals surface area contributed by atoms with Gasteiger partial charge < -0.3 is 11.1 Å². The van der Waals surface area contributed by atoms with Crippen LogP contribution in [0.3, 0.4) is 0 Å². The Morgan fingerprint density at radius 1 is 1.29 bits per heavy atom. The molecular weight excluding hydrogens is 269 g/mol. The summed E-state index contributed by atoms with van der Waals surface area (Å²) in [4.78, 5) is 13.9. The van der Waals surface area contributed by atoms with Gasteiger partial charge in [0.15, 0.2) is 0 Å². The number of anilines is 2. The van der Waals surface area contributed by atoms with E-state index >= 15 is 0 Å². The molecular formula is C16H16FN3O. The zero-order valence-corrected chi connectivity index (χ0v) is 11.5. The van der Waals surface area contributed by atoms with Crippen molar-refractivity contribution in [1.82, 2.24) is 0 Å². The number of benzene rings is 2. The number of nitrogens with one attached hydrogen (secondary N) is 1. The first-order chi connectivity index (χ1) is 10.2. The summed E-state index contributed by atoms with van der Waals surface area (Å²) in [6.45, 7) is 0.975. The van der Waals surface area contributed by atoms with E-state index in [0.29, 0.717) is 24.5 Å². The molecule has 1 heterocycles. The van der Waals surface area contributed by atoms with E-state index in [-0.39, 0.29) is 11.8 Å². The molecule has 0 atom stereocenters. The summed E-state index contributed by atoms with van der Waals surface area (Å²) in [5.74, 6) is -0.335. The molecule has 2 amide bonds. The van der Waals surface area contributed by atoms with Gasteiger partial charge in [0.05, 0.1) is 5.69 Å². The molecule has 1 aliphatic rings. The zero-order valence-electron chi connectivity index (χ0n) is 11.5. The van der Waals surface area contributed by atoms with Crippen LogP contribution in [0.25, 0.3) is 0 Å². The Labute approximate surface area is 122 Å². The van der Waals surface area contributed by atoms with Crippen molar-refractivity contribution in [2.45, 2.75) is 13.0 Å². The quantitative estimate of drug-likeness (QED) is 0.891. The van der Waals surface area contributed by atoms with Crippen LogP contribution in [-0.2, 0) is 13.0 Å². The number of halogens is 1. The van der Waals surface area contributed by atoms with Gasteiger partial charge in [-0.05, 0) is 41.8 Å². The number of hydrogen-bond donors (Lipinski definition) is 2. The fourth-order valence-corrected chi connectivity index (χ4v) is 2.53. The average Bonchev–Trinajstić information content (AvgIpc) is 2.90. The highest BCUT2D eigenvalue weighted by Gasteiger charge is 2.25. The molecule has 0 aromatic heterocycles. The summed E-state index contributed by atoms with van der Waals surface area (Å²) >= 11 is 0. The van der Waals surface area contributed by atoms with Crippen molar-refractivity contribution < 1.29 is 9.18 Å². The summed E-state index contributed by atoms with van der Waals surface area (Å²) < 4.78 is 13.4. The molecule has 108 valence electrons. The van der Waals surface area contributed by atoms with Gasteiger partial charge in [-0.1, -0.05) is 18.2 Å². The lowest BCUT2D eigenvalue weighted by molar-refractivity contribution is 0.257. The normalized spacial score (nSPS) is 13.1. The number of nitrogens with two attached hydrogens (primary N) is 1. The van der Waals surface area contributed by atoms with Gasteiger partial charge in [-0.25, -0.2) is 9.18 Å². The van der Waals surface area contributed by atoms with Crippen molar-refractivity contribution in [3.63, 3.8) is 0 Å². The molecule has 4 nitrogen and oxygen atoms in total. The molecule has 1 aliphatic heterocycles. The van der Waals surface area contributed by atoms with Crippen LogP contribution in [0, 0.1) is 5.82 Å². The third-order valence-corrected chi connectivity index (χ3v) is 3.60. The molecule has 0 fully saturated rings.